The van der Waals surface area contributed by atoms with Crippen molar-refractivity contribution in [1.82, 2.24) is 0 Å². The molecule has 0 atom stereocenters. The van der Waals surface area contributed by atoms with Crippen molar-refractivity contribution in [2.75, 3.05) is 7.11 Å². The lowest BCUT2D eigenvalue weighted by atomic mass is 10.1. The zero-order valence-electron chi connectivity index (χ0n) is 8.74. The van der Waals surface area contributed by atoms with E-state index in [1.54, 1.807) is 18.2 Å². The van der Waals surface area contributed by atoms with E-state index in [9.17, 15) is 4.79 Å². The third-order valence-corrected chi connectivity index (χ3v) is 2.34. The summed E-state index contributed by atoms with van der Waals surface area (Å²) in [6.45, 7) is 2.03. The molecule has 1 aromatic carbocycles. The van der Waals surface area contributed by atoms with Crippen LogP contribution in [-0.2, 0) is 11.2 Å². The van der Waals surface area contributed by atoms with Gasteiger partial charge in [0.15, 0.2) is 0 Å². The quantitative estimate of drug-likeness (QED) is 0.706. The highest BCUT2D eigenvalue weighted by molar-refractivity contribution is 5.94. The molecule has 0 radical (unpaired) electrons. The van der Waals surface area contributed by atoms with E-state index in [0.29, 0.717) is 5.56 Å². The van der Waals surface area contributed by atoms with E-state index in [1.165, 1.54) is 7.11 Å². The van der Waals surface area contributed by atoms with Crippen molar-refractivity contribution >= 4 is 16.9 Å². The first-order valence-corrected chi connectivity index (χ1v) is 4.85. The molecule has 2 rings (SSSR count). The van der Waals surface area contributed by atoms with Gasteiger partial charge < -0.3 is 9.15 Å². The third-order valence-electron chi connectivity index (χ3n) is 2.34. The van der Waals surface area contributed by atoms with Gasteiger partial charge in [0.05, 0.1) is 12.7 Å². The maximum atomic E-state index is 11.3. The molecule has 0 aliphatic rings. The Kier molecular flexibility index (Phi) is 2.46. The monoisotopic (exact) mass is 204 g/mol. The lowest BCUT2D eigenvalue weighted by Crippen LogP contribution is -1.99. The predicted octanol–water partition coefficient (Wildman–Crippen LogP) is 2.78. The number of furan rings is 1. The highest BCUT2D eigenvalue weighted by Gasteiger charge is 2.08. The maximum absolute atomic E-state index is 11.3. The van der Waals surface area contributed by atoms with E-state index in [1.807, 2.05) is 13.0 Å². The minimum Gasteiger partial charge on any atom is -0.465 e. The minimum absolute atomic E-state index is 0.323. The number of fused-ring (bicyclic) bond motifs is 1. The average molecular weight is 204 g/mol. The second-order valence-electron chi connectivity index (χ2n) is 3.31. The van der Waals surface area contributed by atoms with E-state index in [-0.39, 0.29) is 5.97 Å². The second-order valence-corrected chi connectivity index (χ2v) is 3.31. The van der Waals surface area contributed by atoms with E-state index in [2.05, 4.69) is 4.74 Å². The number of carbonyl (C=O) groups is 1. The number of aryl methyl sites for hydroxylation is 1. The summed E-state index contributed by atoms with van der Waals surface area (Å²) in [5.74, 6) is 0.600. The SMILES string of the molecule is CCc1cc2cc(C(=O)OC)ccc2o1. The van der Waals surface area contributed by atoms with Crippen LogP contribution >= 0.6 is 0 Å². The summed E-state index contributed by atoms with van der Waals surface area (Å²) in [6, 6.07) is 7.23. The van der Waals surface area contributed by atoms with Crippen molar-refractivity contribution in [2.45, 2.75) is 13.3 Å². The standard InChI is InChI=1S/C12H12O3/c1-3-10-7-9-6-8(12(13)14-2)4-5-11(9)15-10/h4-7H,3H2,1-2H3. The molecule has 0 spiro atoms. The third kappa shape index (κ3) is 1.73. The Morgan fingerprint density at radius 1 is 1.40 bits per heavy atom. The zero-order chi connectivity index (χ0) is 10.8. The molecule has 0 amide bonds. The summed E-state index contributed by atoms with van der Waals surface area (Å²) in [5, 5.41) is 0.940. The molecule has 0 aliphatic carbocycles. The Balaban J connectivity index is 2.50. The van der Waals surface area contributed by atoms with Gasteiger partial charge >= 0.3 is 5.97 Å². The molecule has 3 nitrogen and oxygen atoms in total. The number of esters is 1. The maximum Gasteiger partial charge on any atom is 0.337 e. The van der Waals surface area contributed by atoms with Crippen molar-refractivity contribution < 1.29 is 13.9 Å². The number of ether oxygens (including phenoxy) is 1. The molecule has 0 aliphatic heterocycles. The molecule has 1 heterocycles. The smallest absolute Gasteiger partial charge is 0.337 e. The van der Waals surface area contributed by atoms with Gasteiger partial charge in [-0.25, -0.2) is 4.79 Å². The lowest BCUT2D eigenvalue weighted by Gasteiger charge is -1.97. The second kappa shape index (κ2) is 3.77. The summed E-state index contributed by atoms with van der Waals surface area (Å²) in [4.78, 5) is 11.3. The van der Waals surface area contributed by atoms with Crippen molar-refractivity contribution in [2.24, 2.45) is 0 Å². The number of carbonyl (C=O) groups excluding carboxylic acids is 1. The van der Waals surface area contributed by atoms with Gasteiger partial charge in [-0.3, -0.25) is 0 Å². The van der Waals surface area contributed by atoms with Crippen LogP contribution in [0.3, 0.4) is 0 Å². The first-order chi connectivity index (χ1) is 7.24. The first kappa shape index (κ1) is 9.77. The molecule has 0 bridgehead atoms. The van der Waals surface area contributed by atoms with Crippen LogP contribution in [0.1, 0.15) is 23.0 Å². The van der Waals surface area contributed by atoms with Crippen LogP contribution < -0.4 is 0 Å². The van der Waals surface area contributed by atoms with Crippen LogP contribution in [0.5, 0.6) is 0 Å². The van der Waals surface area contributed by atoms with Crippen molar-refractivity contribution in [3.05, 3.63) is 35.6 Å². The highest BCUT2D eigenvalue weighted by atomic mass is 16.5. The molecule has 0 N–H and O–H groups in total. The van der Waals surface area contributed by atoms with E-state index in [4.69, 9.17) is 4.42 Å². The predicted molar refractivity (Wildman–Crippen MR) is 56.9 cm³/mol. The number of methoxy groups -OCH3 is 1. The molecule has 3 heteroatoms. The van der Waals surface area contributed by atoms with Crippen LogP contribution in [0.25, 0.3) is 11.0 Å². The summed E-state index contributed by atoms with van der Waals surface area (Å²) < 4.78 is 10.2. The molecule has 0 unspecified atom stereocenters. The summed E-state index contributed by atoms with van der Waals surface area (Å²) in [5.41, 5.74) is 1.35. The molecule has 0 saturated carbocycles. The fourth-order valence-corrected chi connectivity index (χ4v) is 1.52. The van der Waals surface area contributed by atoms with Crippen molar-refractivity contribution in [3.8, 4) is 0 Å². The van der Waals surface area contributed by atoms with Crippen LogP contribution in [-0.4, -0.2) is 13.1 Å². The van der Waals surface area contributed by atoms with Crippen LogP contribution in [0.4, 0.5) is 0 Å². The van der Waals surface area contributed by atoms with Gasteiger partial charge in [0.2, 0.25) is 0 Å². The summed E-state index contributed by atoms with van der Waals surface area (Å²) in [6.07, 6.45) is 0.849. The molecule has 15 heavy (non-hydrogen) atoms. The largest absolute Gasteiger partial charge is 0.465 e. The van der Waals surface area contributed by atoms with E-state index >= 15 is 0 Å². The Morgan fingerprint density at radius 3 is 2.87 bits per heavy atom. The van der Waals surface area contributed by atoms with Crippen LogP contribution in [0, 0.1) is 0 Å². The fourth-order valence-electron chi connectivity index (χ4n) is 1.52. The van der Waals surface area contributed by atoms with Crippen LogP contribution in [0.2, 0.25) is 0 Å². The Hall–Kier alpha value is -1.77. The summed E-state index contributed by atoms with van der Waals surface area (Å²) >= 11 is 0. The number of hydrogen-bond acceptors (Lipinski definition) is 3. The highest BCUT2D eigenvalue weighted by Crippen LogP contribution is 2.21. The number of hydrogen-bond donors (Lipinski definition) is 0. The molecule has 0 fully saturated rings. The Morgan fingerprint density at radius 2 is 2.20 bits per heavy atom. The molecule has 1 aromatic heterocycles. The number of benzene rings is 1. The van der Waals surface area contributed by atoms with E-state index in [0.717, 1.165) is 23.2 Å². The van der Waals surface area contributed by atoms with Gasteiger partial charge in [0.1, 0.15) is 11.3 Å². The van der Waals surface area contributed by atoms with Gasteiger partial charge in [-0.15, -0.1) is 0 Å². The topological polar surface area (TPSA) is 39.4 Å². The minimum atomic E-state index is -0.323. The molecule has 2 aromatic rings. The van der Waals surface area contributed by atoms with Gasteiger partial charge in [0.25, 0.3) is 0 Å². The first-order valence-electron chi connectivity index (χ1n) is 4.85. The fraction of sp³-hybridized carbons (Fsp3) is 0.250. The van der Waals surface area contributed by atoms with Crippen molar-refractivity contribution in [3.63, 3.8) is 0 Å². The van der Waals surface area contributed by atoms with Gasteiger partial charge in [0, 0.05) is 11.8 Å². The molecule has 0 saturated heterocycles. The van der Waals surface area contributed by atoms with E-state index < -0.39 is 0 Å². The molecular weight excluding hydrogens is 192 g/mol. The Bertz CT molecular complexity index is 497. The molecule has 78 valence electrons. The average Bonchev–Trinajstić information content (AvgIpc) is 2.69. The van der Waals surface area contributed by atoms with Gasteiger partial charge in [-0.1, -0.05) is 6.92 Å². The number of rotatable bonds is 2. The zero-order valence-corrected chi connectivity index (χ0v) is 8.74. The lowest BCUT2D eigenvalue weighted by molar-refractivity contribution is 0.0601. The summed E-state index contributed by atoms with van der Waals surface area (Å²) in [7, 11) is 1.37. The van der Waals surface area contributed by atoms with Gasteiger partial charge in [-0.2, -0.15) is 0 Å². The van der Waals surface area contributed by atoms with Gasteiger partial charge in [-0.05, 0) is 24.3 Å². The van der Waals surface area contributed by atoms with Crippen molar-refractivity contribution in [1.29, 1.82) is 0 Å². The Labute approximate surface area is 87.6 Å². The van der Waals surface area contributed by atoms with Crippen LogP contribution in [0.15, 0.2) is 28.7 Å². The molecular formula is C12H12O3. The normalized spacial score (nSPS) is 10.5.